The molecule has 10 heteroatoms. The molecule has 6 nitrogen and oxygen atoms in total. The fraction of sp³-hybridized carbons (Fsp3) is 0.500. The largest absolute Gasteiger partial charge is 0.490 e. The molecule has 0 bridgehead atoms. The van der Waals surface area contributed by atoms with E-state index >= 15 is 4.39 Å². The van der Waals surface area contributed by atoms with Crippen molar-refractivity contribution >= 4 is 27.3 Å². The standard InChI is InChI=1S/C26H30ClF2NO5S/c1-15(2)24(25(30)31)36(32,33)12-9-21-18-14-35-23-20(29)8-7-19(28)22(23)26(18,10-11-34-21)13-16-3-5-17(27)6-4-16/h3-8,15,18,21,24H,9-14H2,1-2H3,(H2,30,31)/t18-,21-,24?,26-/m0/s1. The number of halogens is 3. The van der Waals surface area contributed by atoms with Crippen LogP contribution in [0.4, 0.5) is 8.78 Å². The van der Waals surface area contributed by atoms with Gasteiger partial charge in [0.2, 0.25) is 5.91 Å². The Balaban J connectivity index is 1.72. The van der Waals surface area contributed by atoms with E-state index in [4.69, 9.17) is 26.8 Å². The summed E-state index contributed by atoms with van der Waals surface area (Å²) in [6.07, 6.45) is 0.225. The Morgan fingerprint density at radius 2 is 1.83 bits per heavy atom. The van der Waals surface area contributed by atoms with Crippen LogP contribution in [-0.4, -0.2) is 44.6 Å². The quantitative estimate of drug-likeness (QED) is 0.540. The molecule has 2 aliphatic heterocycles. The lowest BCUT2D eigenvalue weighted by molar-refractivity contribution is -0.118. The molecule has 0 saturated carbocycles. The molecule has 0 aromatic heterocycles. The highest BCUT2D eigenvalue weighted by atomic mass is 35.5. The lowest BCUT2D eigenvalue weighted by Crippen LogP contribution is -2.55. The zero-order chi connectivity index (χ0) is 26.3. The zero-order valence-corrected chi connectivity index (χ0v) is 21.7. The number of amides is 1. The third kappa shape index (κ3) is 4.97. The van der Waals surface area contributed by atoms with E-state index in [2.05, 4.69) is 0 Å². The summed E-state index contributed by atoms with van der Waals surface area (Å²) in [7, 11) is -3.86. The van der Waals surface area contributed by atoms with Crippen LogP contribution >= 0.6 is 11.6 Å². The summed E-state index contributed by atoms with van der Waals surface area (Å²) in [4.78, 5) is 11.9. The summed E-state index contributed by atoms with van der Waals surface area (Å²) in [5.74, 6) is -3.48. The van der Waals surface area contributed by atoms with Crippen LogP contribution in [-0.2, 0) is 31.2 Å². The lowest BCUT2D eigenvalue weighted by atomic mass is 9.60. The maximum atomic E-state index is 15.4. The molecule has 0 radical (unpaired) electrons. The number of nitrogens with two attached hydrogens (primary N) is 1. The van der Waals surface area contributed by atoms with Crippen molar-refractivity contribution < 1.29 is 31.5 Å². The highest BCUT2D eigenvalue weighted by molar-refractivity contribution is 7.92. The van der Waals surface area contributed by atoms with Crippen molar-refractivity contribution in [2.24, 2.45) is 17.6 Å². The first kappa shape index (κ1) is 26.8. The van der Waals surface area contributed by atoms with Crippen molar-refractivity contribution in [2.45, 2.75) is 49.9 Å². The van der Waals surface area contributed by atoms with E-state index in [1.165, 1.54) is 0 Å². The number of carbonyl (C=O) groups excluding carboxylic acids is 1. The Morgan fingerprint density at radius 1 is 1.17 bits per heavy atom. The summed E-state index contributed by atoms with van der Waals surface area (Å²) < 4.78 is 67.9. The van der Waals surface area contributed by atoms with Crippen LogP contribution in [0, 0.1) is 23.5 Å². The summed E-state index contributed by atoms with van der Waals surface area (Å²) in [5, 5.41) is -0.753. The molecule has 2 aromatic rings. The van der Waals surface area contributed by atoms with Gasteiger partial charge in [0.15, 0.2) is 21.4 Å². The van der Waals surface area contributed by atoms with E-state index in [-0.39, 0.29) is 36.7 Å². The van der Waals surface area contributed by atoms with E-state index in [0.29, 0.717) is 17.9 Å². The lowest BCUT2D eigenvalue weighted by Gasteiger charge is -2.51. The molecular formula is C26H30ClF2NO5S. The van der Waals surface area contributed by atoms with Gasteiger partial charge >= 0.3 is 0 Å². The van der Waals surface area contributed by atoms with Crippen LogP contribution in [0.25, 0.3) is 0 Å². The van der Waals surface area contributed by atoms with E-state index in [9.17, 15) is 17.6 Å². The Labute approximate surface area is 215 Å². The summed E-state index contributed by atoms with van der Waals surface area (Å²) in [5.41, 5.74) is 5.53. The predicted molar refractivity (Wildman–Crippen MR) is 133 cm³/mol. The molecule has 1 saturated heterocycles. The highest BCUT2D eigenvalue weighted by Gasteiger charge is 2.53. The first-order valence-corrected chi connectivity index (χ1v) is 14.0. The Bertz CT molecular complexity index is 1240. The van der Waals surface area contributed by atoms with Crippen LogP contribution in [0.2, 0.25) is 5.02 Å². The van der Waals surface area contributed by atoms with Gasteiger partial charge < -0.3 is 15.2 Å². The van der Waals surface area contributed by atoms with Gasteiger partial charge in [-0.05, 0) is 55.0 Å². The fourth-order valence-corrected chi connectivity index (χ4v) is 7.95. The number of primary amides is 1. The fourth-order valence-electron chi connectivity index (χ4n) is 5.82. The number of benzene rings is 2. The van der Waals surface area contributed by atoms with E-state index < -0.39 is 56.0 Å². The first-order valence-electron chi connectivity index (χ1n) is 11.9. The second-order valence-corrected chi connectivity index (χ2v) is 12.7. The van der Waals surface area contributed by atoms with Gasteiger partial charge in [-0.3, -0.25) is 4.79 Å². The number of hydrogen-bond acceptors (Lipinski definition) is 5. The third-order valence-electron chi connectivity index (χ3n) is 7.40. The monoisotopic (exact) mass is 541 g/mol. The topological polar surface area (TPSA) is 95.7 Å². The van der Waals surface area contributed by atoms with Crippen molar-refractivity contribution in [2.75, 3.05) is 19.0 Å². The van der Waals surface area contributed by atoms with Gasteiger partial charge in [0, 0.05) is 28.5 Å². The van der Waals surface area contributed by atoms with Crippen molar-refractivity contribution in [3.8, 4) is 5.75 Å². The van der Waals surface area contributed by atoms with Gasteiger partial charge in [0.1, 0.15) is 11.1 Å². The van der Waals surface area contributed by atoms with Gasteiger partial charge in [-0.2, -0.15) is 0 Å². The maximum Gasteiger partial charge on any atom is 0.236 e. The van der Waals surface area contributed by atoms with Gasteiger partial charge in [-0.1, -0.05) is 37.6 Å². The molecule has 2 aliphatic rings. The second kappa shape index (κ2) is 10.3. The summed E-state index contributed by atoms with van der Waals surface area (Å²) in [6.45, 7) is 3.53. The minimum absolute atomic E-state index is 0.0368. The van der Waals surface area contributed by atoms with Crippen LogP contribution < -0.4 is 10.5 Å². The van der Waals surface area contributed by atoms with Gasteiger partial charge in [0.05, 0.1) is 18.5 Å². The SMILES string of the molecule is CC(C)C(C(N)=O)S(=O)(=O)CC[C@@H]1OCC[C@@]2(Cc3ccc(Cl)cc3)c3c(F)ccc(F)c3OC[C@@H]12. The molecule has 4 atom stereocenters. The predicted octanol–water partition coefficient (Wildman–Crippen LogP) is 4.21. The average Bonchev–Trinajstić information content (AvgIpc) is 2.80. The zero-order valence-electron chi connectivity index (χ0n) is 20.2. The molecule has 1 fully saturated rings. The molecule has 1 amide bonds. The number of rotatable bonds is 8. The van der Waals surface area contributed by atoms with E-state index in [1.807, 2.05) is 12.1 Å². The van der Waals surface area contributed by atoms with E-state index in [0.717, 1.165) is 17.7 Å². The smallest absolute Gasteiger partial charge is 0.236 e. The Morgan fingerprint density at radius 3 is 2.47 bits per heavy atom. The van der Waals surface area contributed by atoms with Crippen molar-refractivity contribution in [1.29, 1.82) is 0 Å². The van der Waals surface area contributed by atoms with Crippen LogP contribution in [0.3, 0.4) is 0 Å². The molecule has 0 aliphatic carbocycles. The molecule has 2 heterocycles. The maximum absolute atomic E-state index is 15.4. The Kier molecular flexibility index (Phi) is 7.65. The molecule has 2 aromatic carbocycles. The molecule has 0 spiro atoms. The Hall–Kier alpha value is -2.23. The average molecular weight is 542 g/mol. The van der Waals surface area contributed by atoms with Crippen molar-refractivity contribution in [1.82, 2.24) is 0 Å². The summed E-state index contributed by atoms with van der Waals surface area (Å²) in [6, 6.07) is 9.31. The molecule has 1 unspecified atom stereocenters. The number of ether oxygens (including phenoxy) is 2. The summed E-state index contributed by atoms with van der Waals surface area (Å²) >= 11 is 6.05. The number of hydrogen-bond donors (Lipinski definition) is 1. The van der Waals surface area contributed by atoms with Crippen LogP contribution in [0.1, 0.15) is 37.8 Å². The minimum atomic E-state index is -3.86. The first-order chi connectivity index (χ1) is 17.0. The van der Waals surface area contributed by atoms with Gasteiger partial charge in [0.25, 0.3) is 0 Å². The molecule has 4 rings (SSSR count). The second-order valence-electron chi connectivity index (χ2n) is 9.99. The van der Waals surface area contributed by atoms with Crippen molar-refractivity contribution in [3.05, 3.63) is 64.2 Å². The number of fused-ring (bicyclic) bond motifs is 3. The van der Waals surface area contributed by atoms with Crippen LogP contribution in [0.5, 0.6) is 5.75 Å². The normalized spacial score (nSPS) is 24.5. The van der Waals surface area contributed by atoms with Crippen LogP contribution in [0.15, 0.2) is 36.4 Å². The number of sulfone groups is 1. The van der Waals surface area contributed by atoms with Gasteiger partial charge in [-0.25, -0.2) is 17.2 Å². The van der Waals surface area contributed by atoms with Crippen molar-refractivity contribution in [3.63, 3.8) is 0 Å². The van der Waals surface area contributed by atoms with E-state index in [1.54, 1.807) is 26.0 Å². The minimum Gasteiger partial charge on any atom is -0.490 e. The number of carbonyl (C=O) groups is 1. The third-order valence-corrected chi connectivity index (χ3v) is 10.0. The highest BCUT2D eigenvalue weighted by Crippen LogP contribution is 2.52. The molecular weight excluding hydrogens is 512 g/mol. The van der Waals surface area contributed by atoms with Gasteiger partial charge in [-0.15, -0.1) is 0 Å². The molecule has 36 heavy (non-hydrogen) atoms. The molecule has 196 valence electrons. The molecule has 2 N–H and O–H groups in total.